The number of esters is 1. The van der Waals surface area contributed by atoms with Crippen LogP contribution >= 0.6 is 15.9 Å². The molecule has 9 heteroatoms. The van der Waals surface area contributed by atoms with Crippen molar-refractivity contribution >= 4 is 21.9 Å². The van der Waals surface area contributed by atoms with Crippen LogP contribution in [0.3, 0.4) is 0 Å². The average molecular weight is 364 g/mol. The number of carbonyl (C=O) groups is 1. The summed E-state index contributed by atoms with van der Waals surface area (Å²) in [4.78, 5) is 15.7. The van der Waals surface area contributed by atoms with Gasteiger partial charge in [0, 0.05) is 0 Å². The number of nitrogens with one attached hydrogen (secondary N) is 1. The van der Waals surface area contributed by atoms with Crippen LogP contribution in [0.2, 0.25) is 0 Å². The Hall–Kier alpha value is -1.90. The molecule has 112 valence electrons. The number of aromatic nitrogens is 3. The number of pyridine rings is 1. The van der Waals surface area contributed by atoms with Gasteiger partial charge < -0.3 is 4.74 Å². The lowest BCUT2D eigenvalue weighted by Crippen LogP contribution is -2.08. The number of nitrogens with zero attached hydrogens (tertiary/aromatic N) is 2. The number of alkyl halides is 3. The minimum Gasteiger partial charge on any atom is -0.461 e. The van der Waals surface area contributed by atoms with Gasteiger partial charge in [0.15, 0.2) is 5.69 Å². The number of hydrogen-bond donors (Lipinski definition) is 1. The molecule has 0 spiro atoms. The largest absolute Gasteiger partial charge is 0.461 e. The molecular formula is C12H9BrF3N3O2. The fourth-order valence-corrected chi connectivity index (χ4v) is 1.91. The number of ether oxygens (including phenoxy) is 1. The molecule has 0 bridgehead atoms. The molecule has 0 saturated carbocycles. The Labute approximate surface area is 125 Å². The molecule has 2 heterocycles. The monoisotopic (exact) mass is 363 g/mol. The Kier molecular flexibility index (Phi) is 4.31. The Morgan fingerprint density at radius 1 is 1.38 bits per heavy atom. The van der Waals surface area contributed by atoms with Gasteiger partial charge in [0.1, 0.15) is 11.4 Å². The molecule has 5 nitrogen and oxygen atoms in total. The molecule has 2 aromatic heterocycles. The third kappa shape index (κ3) is 3.41. The van der Waals surface area contributed by atoms with Gasteiger partial charge in [-0.3, -0.25) is 5.10 Å². The van der Waals surface area contributed by atoms with Crippen LogP contribution in [0.1, 0.15) is 23.1 Å². The highest BCUT2D eigenvalue weighted by atomic mass is 79.9. The second-order valence-electron chi connectivity index (χ2n) is 3.91. The molecule has 0 fully saturated rings. The van der Waals surface area contributed by atoms with Gasteiger partial charge in [-0.05, 0) is 41.1 Å². The number of rotatable bonds is 3. The first-order valence-corrected chi connectivity index (χ1v) is 6.59. The maximum Gasteiger partial charge on any atom is 0.432 e. The number of halogens is 4. The van der Waals surface area contributed by atoms with E-state index in [0.29, 0.717) is 4.47 Å². The Morgan fingerprint density at radius 3 is 2.67 bits per heavy atom. The van der Waals surface area contributed by atoms with Crippen LogP contribution in [0.5, 0.6) is 0 Å². The molecule has 1 N–H and O–H groups in total. The Balaban J connectivity index is 2.39. The van der Waals surface area contributed by atoms with E-state index < -0.39 is 17.8 Å². The molecule has 0 radical (unpaired) electrons. The third-order valence-electron chi connectivity index (χ3n) is 2.46. The lowest BCUT2D eigenvalue weighted by molar-refractivity contribution is -0.141. The van der Waals surface area contributed by atoms with Crippen LogP contribution in [-0.4, -0.2) is 27.8 Å². The van der Waals surface area contributed by atoms with Crippen molar-refractivity contribution in [2.24, 2.45) is 0 Å². The molecule has 0 saturated heterocycles. The summed E-state index contributed by atoms with van der Waals surface area (Å²) in [5.41, 5.74) is -0.890. The molecule has 2 aromatic rings. The number of aromatic amines is 1. The van der Waals surface area contributed by atoms with E-state index in [4.69, 9.17) is 4.74 Å². The first kappa shape index (κ1) is 15.5. The lowest BCUT2D eigenvalue weighted by atomic mass is 10.2. The molecule has 0 atom stereocenters. The average Bonchev–Trinajstić information content (AvgIpc) is 2.89. The van der Waals surface area contributed by atoms with Gasteiger partial charge in [-0.2, -0.15) is 18.3 Å². The maximum atomic E-state index is 12.5. The van der Waals surface area contributed by atoms with Gasteiger partial charge in [-0.15, -0.1) is 0 Å². The van der Waals surface area contributed by atoms with Crippen molar-refractivity contribution in [1.29, 1.82) is 0 Å². The van der Waals surface area contributed by atoms with Crippen molar-refractivity contribution in [3.05, 3.63) is 34.1 Å². The summed E-state index contributed by atoms with van der Waals surface area (Å²) in [7, 11) is 0. The highest BCUT2D eigenvalue weighted by Gasteiger charge is 2.33. The summed E-state index contributed by atoms with van der Waals surface area (Å²) in [6.45, 7) is 1.80. The van der Waals surface area contributed by atoms with Crippen LogP contribution < -0.4 is 0 Å². The van der Waals surface area contributed by atoms with E-state index in [1.165, 1.54) is 12.1 Å². The second kappa shape index (κ2) is 5.84. The molecule has 2 rings (SSSR count). The summed E-state index contributed by atoms with van der Waals surface area (Å²) in [5.74, 6) is -0.669. The standard InChI is InChI=1S/C12H9BrF3N3O2/c1-2-21-11(20)10-6(13)3-4-7(17-10)8-5-9(19-18-8)12(14,15)16/h3-5H,2H2,1H3,(H,18,19). The van der Waals surface area contributed by atoms with E-state index in [1.54, 1.807) is 6.92 Å². The van der Waals surface area contributed by atoms with Crippen LogP contribution in [0.4, 0.5) is 13.2 Å². The summed E-state index contributed by atoms with van der Waals surface area (Å²) >= 11 is 3.14. The van der Waals surface area contributed by atoms with Gasteiger partial charge in [0.05, 0.1) is 16.8 Å². The van der Waals surface area contributed by atoms with Gasteiger partial charge in [-0.25, -0.2) is 9.78 Å². The van der Waals surface area contributed by atoms with E-state index in [9.17, 15) is 18.0 Å². The van der Waals surface area contributed by atoms with E-state index in [0.717, 1.165) is 6.07 Å². The normalized spacial score (nSPS) is 11.5. The summed E-state index contributed by atoms with van der Waals surface area (Å²) < 4.78 is 42.8. The van der Waals surface area contributed by atoms with Crippen LogP contribution in [0, 0.1) is 0 Å². The van der Waals surface area contributed by atoms with Crippen molar-refractivity contribution in [2.45, 2.75) is 13.1 Å². The number of hydrogen-bond acceptors (Lipinski definition) is 4. The molecular weight excluding hydrogens is 355 g/mol. The van der Waals surface area contributed by atoms with Crippen molar-refractivity contribution < 1.29 is 22.7 Å². The number of carbonyl (C=O) groups excluding carboxylic acids is 1. The molecule has 0 amide bonds. The topological polar surface area (TPSA) is 67.9 Å². The highest BCUT2D eigenvalue weighted by Crippen LogP contribution is 2.30. The predicted molar refractivity (Wildman–Crippen MR) is 70.5 cm³/mol. The van der Waals surface area contributed by atoms with E-state index in [-0.39, 0.29) is 23.7 Å². The van der Waals surface area contributed by atoms with Gasteiger partial charge in [-0.1, -0.05) is 0 Å². The highest BCUT2D eigenvalue weighted by molar-refractivity contribution is 9.10. The summed E-state index contributed by atoms with van der Waals surface area (Å²) in [5, 5.41) is 5.44. The molecule has 0 aliphatic rings. The Morgan fingerprint density at radius 2 is 2.10 bits per heavy atom. The zero-order valence-corrected chi connectivity index (χ0v) is 12.2. The lowest BCUT2D eigenvalue weighted by Gasteiger charge is -2.05. The minimum atomic E-state index is -4.52. The van der Waals surface area contributed by atoms with Crippen molar-refractivity contribution in [2.75, 3.05) is 6.61 Å². The fourth-order valence-electron chi connectivity index (χ4n) is 1.53. The van der Waals surface area contributed by atoms with Gasteiger partial charge in [0.2, 0.25) is 0 Å². The van der Waals surface area contributed by atoms with E-state index >= 15 is 0 Å². The predicted octanol–water partition coefficient (Wildman–Crippen LogP) is 3.43. The SMILES string of the molecule is CCOC(=O)c1nc(-c2cc(C(F)(F)F)[nH]n2)ccc1Br. The van der Waals surface area contributed by atoms with Gasteiger partial charge >= 0.3 is 12.1 Å². The minimum absolute atomic E-state index is 0.0135. The fraction of sp³-hybridized carbons (Fsp3) is 0.250. The van der Waals surface area contributed by atoms with E-state index in [2.05, 4.69) is 26.0 Å². The van der Waals surface area contributed by atoms with Crippen LogP contribution in [0.15, 0.2) is 22.7 Å². The first-order valence-electron chi connectivity index (χ1n) is 5.79. The van der Waals surface area contributed by atoms with Gasteiger partial charge in [0.25, 0.3) is 0 Å². The zero-order valence-electron chi connectivity index (χ0n) is 10.7. The molecule has 0 aliphatic heterocycles. The van der Waals surface area contributed by atoms with E-state index in [1.807, 2.05) is 5.10 Å². The van der Waals surface area contributed by atoms with Crippen molar-refractivity contribution in [1.82, 2.24) is 15.2 Å². The maximum absolute atomic E-state index is 12.5. The van der Waals surface area contributed by atoms with Crippen LogP contribution in [-0.2, 0) is 10.9 Å². The smallest absolute Gasteiger partial charge is 0.432 e. The quantitative estimate of drug-likeness (QED) is 0.848. The zero-order chi connectivity index (χ0) is 15.6. The van der Waals surface area contributed by atoms with Crippen molar-refractivity contribution in [3.63, 3.8) is 0 Å². The summed E-state index contributed by atoms with van der Waals surface area (Å²) in [6.07, 6.45) is -4.52. The third-order valence-corrected chi connectivity index (χ3v) is 3.10. The van der Waals surface area contributed by atoms with Crippen molar-refractivity contribution in [3.8, 4) is 11.4 Å². The Bertz CT molecular complexity index is 670. The molecule has 21 heavy (non-hydrogen) atoms. The summed E-state index contributed by atoms with van der Waals surface area (Å²) in [6, 6.07) is 3.77. The molecule has 0 aromatic carbocycles. The second-order valence-corrected chi connectivity index (χ2v) is 4.77. The number of H-pyrrole nitrogens is 1. The molecule has 0 aliphatic carbocycles. The van der Waals surface area contributed by atoms with Crippen LogP contribution in [0.25, 0.3) is 11.4 Å². The first-order chi connectivity index (χ1) is 9.82. The molecule has 0 unspecified atom stereocenters.